The number of nitrogens with one attached hydrogen (secondary N) is 2. The minimum atomic E-state index is -0.487. The van der Waals surface area contributed by atoms with Gasteiger partial charge in [-0.15, -0.1) is 0 Å². The molecule has 0 aliphatic carbocycles. The second-order valence-corrected chi connectivity index (χ2v) is 6.83. The molecule has 0 aromatic heterocycles. The van der Waals surface area contributed by atoms with Crippen molar-refractivity contribution < 1.29 is 18.9 Å². The van der Waals surface area contributed by atoms with E-state index in [-0.39, 0.29) is 36.3 Å². The van der Waals surface area contributed by atoms with Crippen molar-refractivity contribution >= 4 is 23.2 Å². The monoisotopic (exact) mass is 416 g/mol. The fourth-order valence-electron chi connectivity index (χ4n) is 2.78. The molecule has 0 fully saturated rings. The molecule has 2 rings (SSSR count). The maximum Gasteiger partial charge on any atom is 0.269 e. The van der Waals surface area contributed by atoms with Gasteiger partial charge in [-0.05, 0) is 42.8 Å². The molecule has 30 heavy (non-hydrogen) atoms. The van der Waals surface area contributed by atoms with Crippen molar-refractivity contribution in [2.45, 2.75) is 26.8 Å². The highest BCUT2D eigenvalue weighted by atomic mass is 19.1. The summed E-state index contributed by atoms with van der Waals surface area (Å²) in [5.74, 6) is -0.755. The van der Waals surface area contributed by atoms with E-state index < -0.39 is 4.92 Å². The van der Waals surface area contributed by atoms with Crippen LogP contribution in [0.2, 0.25) is 0 Å². The molecule has 2 amide bonds. The highest BCUT2D eigenvalue weighted by molar-refractivity contribution is 5.91. The summed E-state index contributed by atoms with van der Waals surface area (Å²) in [6.45, 7) is 5.00. The Hall–Kier alpha value is -3.33. The molecule has 2 aromatic carbocycles. The van der Waals surface area contributed by atoms with Crippen LogP contribution in [-0.4, -0.2) is 41.3 Å². The number of rotatable bonds is 10. The number of benzene rings is 2. The number of aryl methyl sites for hydroxylation is 1. The molecule has 2 N–H and O–H groups in total. The van der Waals surface area contributed by atoms with Gasteiger partial charge in [-0.25, -0.2) is 4.39 Å². The smallest absolute Gasteiger partial charge is 0.269 e. The first kappa shape index (κ1) is 23.0. The Labute approximate surface area is 174 Å². The number of halogens is 1. The number of nitrogens with zero attached hydrogens (tertiary/aromatic N) is 2. The van der Waals surface area contributed by atoms with Gasteiger partial charge < -0.3 is 10.6 Å². The number of likely N-dealkylation sites (N-methyl/N-ethyl adjacent to an activating group) is 1. The van der Waals surface area contributed by atoms with Gasteiger partial charge in [0, 0.05) is 37.3 Å². The fourth-order valence-corrected chi connectivity index (χ4v) is 2.78. The van der Waals surface area contributed by atoms with Crippen LogP contribution in [0.25, 0.3) is 0 Å². The molecule has 0 saturated carbocycles. The maximum atomic E-state index is 12.9. The van der Waals surface area contributed by atoms with Crippen molar-refractivity contribution in [2.24, 2.45) is 0 Å². The number of carbonyl (C=O) groups is 2. The Morgan fingerprint density at radius 3 is 2.43 bits per heavy atom. The van der Waals surface area contributed by atoms with Gasteiger partial charge >= 0.3 is 0 Å². The molecule has 0 atom stereocenters. The van der Waals surface area contributed by atoms with Crippen LogP contribution in [-0.2, 0) is 16.1 Å². The van der Waals surface area contributed by atoms with E-state index in [1.165, 1.54) is 30.3 Å². The molecule has 9 heteroatoms. The van der Waals surface area contributed by atoms with Crippen LogP contribution in [0.1, 0.15) is 24.5 Å². The predicted octanol–water partition coefficient (Wildman–Crippen LogP) is 3.01. The highest BCUT2D eigenvalue weighted by Gasteiger charge is 2.13. The number of nitro groups is 1. The Balaban J connectivity index is 1.78. The van der Waals surface area contributed by atoms with E-state index in [0.29, 0.717) is 30.9 Å². The lowest BCUT2D eigenvalue weighted by Gasteiger charge is -2.19. The van der Waals surface area contributed by atoms with Crippen molar-refractivity contribution in [3.63, 3.8) is 0 Å². The van der Waals surface area contributed by atoms with Gasteiger partial charge in [0.15, 0.2) is 0 Å². The highest BCUT2D eigenvalue weighted by Crippen LogP contribution is 2.21. The summed E-state index contributed by atoms with van der Waals surface area (Å²) in [5, 5.41) is 16.3. The molecule has 0 bridgehead atoms. The van der Waals surface area contributed by atoms with E-state index in [2.05, 4.69) is 10.6 Å². The lowest BCUT2D eigenvalue weighted by Crippen LogP contribution is -2.38. The Morgan fingerprint density at radius 1 is 1.13 bits per heavy atom. The van der Waals surface area contributed by atoms with Crippen molar-refractivity contribution in [2.75, 3.05) is 25.0 Å². The summed E-state index contributed by atoms with van der Waals surface area (Å²) in [4.78, 5) is 36.5. The van der Waals surface area contributed by atoms with E-state index in [1.54, 1.807) is 19.1 Å². The topological polar surface area (TPSA) is 105 Å². The molecule has 0 saturated heterocycles. The summed E-state index contributed by atoms with van der Waals surface area (Å²) in [6.07, 6.45) is 0.176. The zero-order chi connectivity index (χ0) is 22.1. The molecule has 0 unspecified atom stereocenters. The van der Waals surface area contributed by atoms with Crippen molar-refractivity contribution in [3.05, 3.63) is 69.5 Å². The number of amides is 2. The normalized spacial score (nSPS) is 10.7. The van der Waals surface area contributed by atoms with Crippen LogP contribution in [0.15, 0.2) is 42.5 Å². The number of anilines is 1. The summed E-state index contributed by atoms with van der Waals surface area (Å²) in [5.41, 5.74) is 1.88. The standard InChI is InChI=1S/C21H25FN4O4/c1-3-25(14-21(28)23-13-16-4-6-17(22)7-5-16)11-10-20(27)24-19-9-8-18(26(29)30)12-15(19)2/h4-9,12H,3,10-11,13-14H2,1-2H3,(H,23,28)(H,24,27). The molecule has 0 spiro atoms. The summed E-state index contributed by atoms with van der Waals surface area (Å²) >= 11 is 0. The van der Waals surface area contributed by atoms with E-state index in [9.17, 15) is 24.1 Å². The predicted molar refractivity (Wildman–Crippen MR) is 111 cm³/mol. The largest absolute Gasteiger partial charge is 0.351 e. The van der Waals surface area contributed by atoms with Gasteiger partial charge in [0.05, 0.1) is 11.5 Å². The van der Waals surface area contributed by atoms with Gasteiger partial charge in [-0.2, -0.15) is 0 Å². The zero-order valence-electron chi connectivity index (χ0n) is 17.0. The number of nitro benzene ring substituents is 1. The number of hydrogen-bond acceptors (Lipinski definition) is 5. The van der Waals surface area contributed by atoms with Crippen LogP contribution in [0.4, 0.5) is 15.8 Å². The number of carbonyl (C=O) groups excluding carboxylic acids is 2. The average molecular weight is 416 g/mol. The Morgan fingerprint density at radius 2 is 1.83 bits per heavy atom. The quantitative estimate of drug-likeness (QED) is 0.458. The van der Waals surface area contributed by atoms with Gasteiger partial charge in [0.1, 0.15) is 5.82 Å². The van der Waals surface area contributed by atoms with Crippen LogP contribution >= 0.6 is 0 Å². The van der Waals surface area contributed by atoms with Crippen LogP contribution in [0.3, 0.4) is 0 Å². The van der Waals surface area contributed by atoms with Crippen LogP contribution in [0.5, 0.6) is 0 Å². The summed E-state index contributed by atoms with van der Waals surface area (Å²) < 4.78 is 12.9. The minimum Gasteiger partial charge on any atom is -0.351 e. The molecule has 0 heterocycles. The first-order chi connectivity index (χ1) is 14.3. The summed E-state index contributed by atoms with van der Waals surface area (Å²) in [6, 6.07) is 10.1. The molecular weight excluding hydrogens is 391 g/mol. The third-order valence-electron chi connectivity index (χ3n) is 4.57. The third-order valence-corrected chi connectivity index (χ3v) is 4.57. The molecule has 0 aliphatic heterocycles. The summed E-state index contributed by atoms with van der Waals surface area (Å²) in [7, 11) is 0. The average Bonchev–Trinajstić information content (AvgIpc) is 2.72. The number of hydrogen-bond donors (Lipinski definition) is 2. The van der Waals surface area contributed by atoms with E-state index >= 15 is 0 Å². The van der Waals surface area contributed by atoms with Crippen molar-refractivity contribution in [1.29, 1.82) is 0 Å². The second kappa shape index (κ2) is 11.0. The van der Waals surface area contributed by atoms with E-state index in [0.717, 1.165) is 5.56 Å². The molecular formula is C21H25FN4O4. The van der Waals surface area contributed by atoms with Crippen molar-refractivity contribution in [3.8, 4) is 0 Å². The first-order valence-corrected chi connectivity index (χ1v) is 9.57. The van der Waals surface area contributed by atoms with Crippen LogP contribution in [0, 0.1) is 22.9 Å². The van der Waals surface area contributed by atoms with Crippen molar-refractivity contribution in [1.82, 2.24) is 10.2 Å². The minimum absolute atomic E-state index is 0.0330. The van der Waals surface area contributed by atoms with Gasteiger partial charge in [-0.1, -0.05) is 19.1 Å². The Kier molecular flexibility index (Phi) is 8.42. The molecule has 8 nitrogen and oxygen atoms in total. The zero-order valence-corrected chi connectivity index (χ0v) is 17.0. The molecule has 0 radical (unpaired) electrons. The second-order valence-electron chi connectivity index (χ2n) is 6.83. The van der Waals surface area contributed by atoms with E-state index in [4.69, 9.17) is 0 Å². The third kappa shape index (κ3) is 7.25. The van der Waals surface area contributed by atoms with Gasteiger partial charge in [-0.3, -0.25) is 24.6 Å². The maximum absolute atomic E-state index is 12.9. The molecule has 2 aromatic rings. The number of non-ortho nitro benzene ring substituents is 1. The van der Waals surface area contributed by atoms with Crippen LogP contribution < -0.4 is 10.6 Å². The van der Waals surface area contributed by atoms with Gasteiger partial charge in [0.25, 0.3) is 5.69 Å². The van der Waals surface area contributed by atoms with Gasteiger partial charge in [0.2, 0.25) is 11.8 Å². The lowest BCUT2D eigenvalue weighted by molar-refractivity contribution is -0.384. The first-order valence-electron chi connectivity index (χ1n) is 9.57. The molecule has 160 valence electrons. The molecule has 0 aliphatic rings. The lowest BCUT2D eigenvalue weighted by atomic mass is 10.1. The SMILES string of the molecule is CCN(CCC(=O)Nc1ccc([N+](=O)[O-])cc1C)CC(=O)NCc1ccc(F)cc1. The Bertz CT molecular complexity index is 902. The van der Waals surface area contributed by atoms with E-state index in [1.807, 2.05) is 11.8 Å². The fraction of sp³-hybridized carbons (Fsp3) is 0.333.